The molecule has 3 aromatic carbocycles. The molecule has 3 nitrogen and oxygen atoms in total. The highest BCUT2D eigenvalue weighted by atomic mass is 16.4. The van der Waals surface area contributed by atoms with E-state index in [9.17, 15) is 9.59 Å². The largest absolute Gasteiger partial charge is 0.422 e. The van der Waals surface area contributed by atoms with Crippen LogP contribution in [0.4, 0.5) is 0 Å². The Kier molecular flexibility index (Phi) is 3.92. The third-order valence-corrected chi connectivity index (χ3v) is 4.85. The molecule has 0 atom stereocenters. The molecule has 0 aliphatic heterocycles. The smallest absolute Gasteiger partial charge is 0.339 e. The van der Waals surface area contributed by atoms with Crippen molar-refractivity contribution in [1.82, 2.24) is 0 Å². The van der Waals surface area contributed by atoms with Crippen molar-refractivity contribution in [1.29, 1.82) is 0 Å². The predicted molar refractivity (Wildman–Crippen MR) is 104 cm³/mol. The summed E-state index contributed by atoms with van der Waals surface area (Å²) in [6.45, 7) is 3.98. The van der Waals surface area contributed by atoms with Crippen LogP contribution in [0.2, 0.25) is 0 Å². The molecule has 0 saturated heterocycles. The zero-order valence-corrected chi connectivity index (χ0v) is 14.7. The molecule has 0 fully saturated rings. The Morgan fingerprint density at radius 3 is 2.31 bits per heavy atom. The molecular weight excluding hydrogens is 324 g/mol. The van der Waals surface area contributed by atoms with Crippen molar-refractivity contribution < 1.29 is 9.21 Å². The van der Waals surface area contributed by atoms with Gasteiger partial charge in [0.1, 0.15) is 5.58 Å². The lowest BCUT2D eigenvalue weighted by Gasteiger charge is -2.06. The lowest BCUT2D eigenvalue weighted by atomic mass is 9.99. The molecular formula is C23H18O3. The third kappa shape index (κ3) is 2.93. The van der Waals surface area contributed by atoms with Crippen LogP contribution in [0.1, 0.15) is 27.0 Å². The van der Waals surface area contributed by atoms with E-state index in [1.165, 1.54) is 0 Å². The van der Waals surface area contributed by atoms with E-state index in [-0.39, 0.29) is 12.2 Å². The molecule has 0 unspecified atom stereocenters. The first-order valence-corrected chi connectivity index (χ1v) is 8.57. The van der Waals surface area contributed by atoms with Gasteiger partial charge in [-0.05, 0) is 60.0 Å². The van der Waals surface area contributed by atoms with E-state index in [1.54, 1.807) is 12.1 Å². The molecule has 0 aliphatic rings. The Morgan fingerprint density at radius 1 is 0.846 bits per heavy atom. The van der Waals surface area contributed by atoms with Crippen molar-refractivity contribution in [3.8, 4) is 0 Å². The monoisotopic (exact) mass is 342 g/mol. The number of hydrogen-bond acceptors (Lipinski definition) is 3. The molecule has 0 bridgehead atoms. The minimum atomic E-state index is -0.454. The first-order valence-electron chi connectivity index (χ1n) is 8.57. The van der Waals surface area contributed by atoms with Crippen LogP contribution in [-0.2, 0) is 6.42 Å². The number of hydrogen-bond donors (Lipinski definition) is 0. The summed E-state index contributed by atoms with van der Waals surface area (Å²) in [7, 11) is 0. The Morgan fingerprint density at radius 2 is 1.58 bits per heavy atom. The van der Waals surface area contributed by atoms with Gasteiger partial charge in [-0.2, -0.15) is 0 Å². The van der Waals surface area contributed by atoms with E-state index in [4.69, 9.17) is 4.42 Å². The SMILES string of the molecule is Cc1ccc(C(=O)Cc2cc3cc4ccccc4cc3oc2=O)cc1C. The van der Waals surface area contributed by atoms with E-state index in [0.717, 1.165) is 27.3 Å². The molecule has 0 amide bonds. The molecule has 1 aromatic heterocycles. The van der Waals surface area contributed by atoms with E-state index < -0.39 is 5.63 Å². The zero-order valence-electron chi connectivity index (χ0n) is 14.7. The van der Waals surface area contributed by atoms with Crippen molar-refractivity contribution >= 4 is 27.5 Å². The standard InChI is InChI=1S/C23H18O3/c1-14-7-8-18(9-15(14)2)21(24)12-20-11-19-10-16-5-3-4-6-17(16)13-22(19)26-23(20)25/h3-11,13H,12H2,1-2H3. The number of benzene rings is 3. The van der Waals surface area contributed by atoms with Crippen LogP contribution >= 0.6 is 0 Å². The lowest BCUT2D eigenvalue weighted by Crippen LogP contribution is -2.13. The highest BCUT2D eigenvalue weighted by molar-refractivity contribution is 5.99. The fourth-order valence-corrected chi connectivity index (χ4v) is 3.16. The summed E-state index contributed by atoms with van der Waals surface area (Å²) in [6.07, 6.45) is 0.0353. The summed E-state index contributed by atoms with van der Waals surface area (Å²) in [6, 6.07) is 19.1. The van der Waals surface area contributed by atoms with E-state index in [2.05, 4.69) is 0 Å². The summed E-state index contributed by atoms with van der Waals surface area (Å²) in [4.78, 5) is 24.9. The highest BCUT2D eigenvalue weighted by Crippen LogP contribution is 2.23. The first kappa shape index (κ1) is 16.3. The summed E-state index contributed by atoms with van der Waals surface area (Å²) in [5.74, 6) is -0.0828. The molecule has 0 spiro atoms. The second-order valence-corrected chi connectivity index (χ2v) is 6.70. The van der Waals surface area contributed by atoms with E-state index in [1.807, 2.05) is 62.4 Å². The van der Waals surface area contributed by atoms with Crippen LogP contribution in [0.3, 0.4) is 0 Å². The van der Waals surface area contributed by atoms with Gasteiger partial charge in [0.25, 0.3) is 0 Å². The summed E-state index contributed by atoms with van der Waals surface area (Å²) < 4.78 is 5.47. The second kappa shape index (κ2) is 6.26. The number of ketones is 1. The topological polar surface area (TPSA) is 47.3 Å². The van der Waals surface area contributed by atoms with Gasteiger partial charge >= 0.3 is 5.63 Å². The Labute approximate surface area is 150 Å². The summed E-state index contributed by atoms with van der Waals surface area (Å²) >= 11 is 0. The van der Waals surface area contributed by atoms with Gasteiger partial charge in [0.05, 0.1) is 0 Å². The molecule has 0 N–H and O–H groups in total. The van der Waals surface area contributed by atoms with Gasteiger partial charge in [-0.25, -0.2) is 4.79 Å². The van der Waals surface area contributed by atoms with Crippen molar-refractivity contribution in [3.63, 3.8) is 0 Å². The average Bonchev–Trinajstić information content (AvgIpc) is 2.63. The maximum absolute atomic E-state index is 12.6. The molecule has 26 heavy (non-hydrogen) atoms. The third-order valence-electron chi connectivity index (χ3n) is 4.85. The molecule has 4 aromatic rings. The Bertz CT molecular complexity index is 1220. The predicted octanol–water partition coefficient (Wildman–Crippen LogP) is 4.99. The molecule has 0 saturated carbocycles. The van der Waals surface area contributed by atoms with Crippen LogP contribution in [0.5, 0.6) is 0 Å². The summed E-state index contributed by atoms with van der Waals surface area (Å²) in [5.41, 5.74) is 3.29. The van der Waals surface area contributed by atoms with Crippen molar-refractivity contribution in [3.05, 3.63) is 93.3 Å². The van der Waals surface area contributed by atoms with Gasteiger partial charge in [0.15, 0.2) is 5.78 Å². The van der Waals surface area contributed by atoms with Gasteiger partial charge in [0.2, 0.25) is 0 Å². The van der Waals surface area contributed by atoms with Crippen molar-refractivity contribution in [2.45, 2.75) is 20.3 Å². The molecule has 1 heterocycles. The molecule has 4 rings (SSSR count). The lowest BCUT2D eigenvalue weighted by molar-refractivity contribution is 0.0992. The van der Waals surface area contributed by atoms with Crippen LogP contribution in [0.25, 0.3) is 21.7 Å². The van der Waals surface area contributed by atoms with Crippen LogP contribution in [-0.4, -0.2) is 5.78 Å². The number of fused-ring (bicyclic) bond motifs is 2. The first-order chi connectivity index (χ1) is 12.5. The minimum absolute atomic E-state index is 0.0353. The normalized spacial score (nSPS) is 11.2. The zero-order chi connectivity index (χ0) is 18.3. The average molecular weight is 342 g/mol. The van der Waals surface area contributed by atoms with Gasteiger partial charge < -0.3 is 4.42 Å². The minimum Gasteiger partial charge on any atom is -0.422 e. The Balaban J connectivity index is 1.74. The van der Waals surface area contributed by atoms with Crippen LogP contribution in [0.15, 0.2) is 69.9 Å². The van der Waals surface area contributed by atoms with Gasteiger partial charge in [0, 0.05) is 22.9 Å². The number of rotatable bonds is 3. The molecule has 3 heteroatoms. The molecule has 0 radical (unpaired) electrons. The van der Waals surface area contributed by atoms with Crippen molar-refractivity contribution in [2.75, 3.05) is 0 Å². The van der Waals surface area contributed by atoms with Gasteiger partial charge in [-0.15, -0.1) is 0 Å². The van der Waals surface area contributed by atoms with Crippen molar-refractivity contribution in [2.24, 2.45) is 0 Å². The molecule has 0 aliphatic carbocycles. The van der Waals surface area contributed by atoms with Crippen LogP contribution < -0.4 is 5.63 Å². The number of aryl methyl sites for hydroxylation is 2. The van der Waals surface area contributed by atoms with E-state index >= 15 is 0 Å². The van der Waals surface area contributed by atoms with Gasteiger partial charge in [-0.3, -0.25) is 4.79 Å². The maximum Gasteiger partial charge on any atom is 0.339 e. The fraction of sp³-hybridized carbons (Fsp3) is 0.130. The number of carbonyl (C=O) groups excluding carboxylic acids is 1. The maximum atomic E-state index is 12.6. The Hall–Kier alpha value is -3.20. The van der Waals surface area contributed by atoms with Gasteiger partial charge in [-0.1, -0.05) is 36.4 Å². The van der Waals surface area contributed by atoms with Crippen LogP contribution in [0, 0.1) is 13.8 Å². The van der Waals surface area contributed by atoms with E-state index in [0.29, 0.717) is 16.7 Å². The number of Topliss-reactive ketones (excluding diaryl/α,β-unsaturated/α-hetero) is 1. The summed E-state index contributed by atoms with van der Waals surface area (Å²) in [5, 5.41) is 2.91. The quantitative estimate of drug-likeness (QED) is 0.299. The molecule has 128 valence electrons. The second-order valence-electron chi connectivity index (χ2n) is 6.70. The fourth-order valence-electron chi connectivity index (χ4n) is 3.16. The highest BCUT2D eigenvalue weighted by Gasteiger charge is 2.13. The number of carbonyl (C=O) groups is 1.